The van der Waals surface area contributed by atoms with E-state index in [1.165, 1.54) is 24.4 Å². The molecule has 0 radical (unpaired) electrons. The van der Waals surface area contributed by atoms with Gasteiger partial charge in [-0.25, -0.2) is 14.4 Å². The highest BCUT2D eigenvalue weighted by molar-refractivity contribution is 6.34. The van der Waals surface area contributed by atoms with Crippen molar-refractivity contribution in [2.75, 3.05) is 5.32 Å². The van der Waals surface area contributed by atoms with Crippen molar-refractivity contribution in [3.8, 4) is 11.5 Å². The summed E-state index contributed by atoms with van der Waals surface area (Å²) in [4.78, 5) is 32.9. The van der Waals surface area contributed by atoms with E-state index in [2.05, 4.69) is 15.3 Å². The fourth-order valence-electron chi connectivity index (χ4n) is 3.81. The first-order valence-corrected chi connectivity index (χ1v) is 11.5. The zero-order valence-corrected chi connectivity index (χ0v) is 19.9. The van der Waals surface area contributed by atoms with Crippen LogP contribution in [0.5, 0.6) is 11.5 Å². The molecule has 0 fully saturated rings. The molecule has 37 heavy (non-hydrogen) atoms. The van der Waals surface area contributed by atoms with Gasteiger partial charge in [0.15, 0.2) is 11.6 Å². The standard InChI is InChI=1S/C27H19ClFN5O3/c28-23-21(9-12-31-24(23)25(30)35)37-20-7-6-18(14-19(20)29)33-26-22-17(8-11-32-26)10-13-34(27(22)36)15-16-4-2-1-3-5-16/h1-14H,15H2,(H2,30,35)(H,32,33). The highest BCUT2D eigenvalue weighted by Crippen LogP contribution is 2.33. The molecule has 8 nitrogen and oxygen atoms in total. The molecule has 0 spiro atoms. The third-order valence-corrected chi connectivity index (χ3v) is 5.95. The summed E-state index contributed by atoms with van der Waals surface area (Å²) in [6, 6.07) is 18.7. The SMILES string of the molecule is NC(=O)c1nccc(Oc2ccc(Nc3nccc4ccn(Cc5ccccc5)c(=O)c34)cc2F)c1Cl. The van der Waals surface area contributed by atoms with Crippen LogP contribution in [0.1, 0.15) is 16.1 Å². The number of pyridine rings is 3. The van der Waals surface area contributed by atoms with Gasteiger partial charge in [0, 0.05) is 36.4 Å². The number of amides is 1. The topological polar surface area (TPSA) is 112 Å². The van der Waals surface area contributed by atoms with Crippen LogP contribution in [0.2, 0.25) is 5.02 Å². The lowest BCUT2D eigenvalue weighted by Gasteiger charge is -2.13. The average molecular weight is 516 g/mol. The quantitative estimate of drug-likeness (QED) is 0.305. The van der Waals surface area contributed by atoms with E-state index in [1.54, 1.807) is 29.1 Å². The van der Waals surface area contributed by atoms with E-state index >= 15 is 0 Å². The Labute approximate surface area is 215 Å². The monoisotopic (exact) mass is 515 g/mol. The molecular weight excluding hydrogens is 497 g/mol. The largest absolute Gasteiger partial charge is 0.453 e. The van der Waals surface area contributed by atoms with Crippen molar-refractivity contribution in [3.05, 3.63) is 118 Å². The summed E-state index contributed by atoms with van der Waals surface area (Å²) < 4.78 is 22.1. The zero-order chi connectivity index (χ0) is 25.9. The minimum atomic E-state index is -0.833. The number of aromatic nitrogens is 3. The van der Waals surface area contributed by atoms with Crippen LogP contribution < -0.4 is 21.3 Å². The van der Waals surface area contributed by atoms with E-state index in [0.29, 0.717) is 28.8 Å². The van der Waals surface area contributed by atoms with Gasteiger partial charge in [0.05, 0.1) is 11.9 Å². The molecule has 10 heteroatoms. The van der Waals surface area contributed by atoms with Crippen molar-refractivity contribution in [1.29, 1.82) is 0 Å². The summed E-state index contributed by atoms with van der Waals surface area (Å²) >= 11 is 6.12. The lowest BCUT2D eigenvalue weighted by atomic mass is 10.2. The van der Waals surface area contributed by atoms with Crippen molar-refractivity contribution >= 4 is 39.8 Å². The molecule has 1 amide bonds. The lowest BCUT2D eigenvalue weighted by Crippen LogP contribution is -2.21. The van der Waals surface area contributed by atoms with Crippen LogP contribution >= 0.6 is 11.6 Å². The van der Waals surface area contributed by atoms with Crippen molar-refractivity contribution < 1.29 is 13.9 Å². The predicted molar refractivity (Wildman–Crippen MR) is 139 cm³/mol. The molecule has 5 rings (SSSR count). The van der Waals surface area contributed by atoms with Crippen molar-refractivity contribution in [2.24, 2.45) is 5.73 Å². The number of anilines is 2. The van der Waals surface area contributed by atoms with Crippen LogP contribution in [0.3, 0.4) is 0 Å². The molecule has 0 saturated carbocycles. The highest BCUT2D eigenvalue weighted by atomic mass is 35.5. The van der Waals surface area contributed by atoms with Gasteiger partial charge in [0.1, 0.15) is 22.3 Å². The number of fused-ring (bicyclic) bond motifs is 1. The third-order valence-electron chi connectivity index (χ3n) is 5.59. The van der Waals surface area contributed by atoms with Crippen LogP contribution in [0.15, 0.2) is 90.1 Å². The Balaban J connectivity index is 1.44. The highest BCUT2D eigenvalue weighted by Gasteiger charge is 2.16. The second-order valence-electron chi connectivity index (χ2n) is 8.07. The number of benzene rings is 2. The van der Waals surface area contributed by atoms with Crippen molar-refractivity contribution in [2.45, 2.75) is 6.54 Å². The molecule has 0 unspecified atom stereocenters. The second kappa shape index (κ2) is 10.1. The van der Waals surface area contributed by atoms with Gasteiger partial charge in [-0.2, -0.15) is 0 Å². The van der Waals surface area contributed by atoms with Gasteiger partial charge in [0.2, 0.25) is 0 Å². The first-order valence-electron chi connectivity index (χ1n) is 11.1. The van der Waals surface area contributed by atoms with Crippen LogP contribution in [0.25, 0.3) is 10.8 Å². The summed E-state index contributed by atoms with van der Waals surface area (Å²) in [7, 11) is 0. The van der Waals surface area contributed by atoms with Crippen LogP contribution in [0, 0.1) is 5.82 Å². The molecule has 5 aromatic rings. The number of hydrogen-bond acceptors (Lipinski definition) is 6. The molecule has 0 aliphatic heterocycles. The van der Waals surface area contributed by atoms with Gasteiger partial charge in [-0.15, -0.1) is 0 Å². The maximum atomic E-state index is 14.9. The number of nitrogens with one attached hydrogen (secondary N) is 1. The number of carbonyl (C=O) groups is 1. The van der Waals surface area contributed by atoms with Crippen molar-refractivity contribution in [1.82, 2.24) is 14.5 Å². The predicted octanol–water partition coefficient (Wildman–Crippen LogP) is 5.27. The molecule has 2 aromatic carbocycles. The molecule has 3 N–H and O–H groups in total. The number of nitrogens with zero attached hydrogens (tertiary/aromatic N) is 3. The molecule has 184 valence electrons. The van der Waals surface area contributed by atoms with Crippen molar-refractivity contribution in [3.63, 3.8) is 0 Å². The lowest BCUT2D eigenvalue weighted by molar-refractivity contribution is 0.0995. The number of ether oxygens (including phenoxy) is 1. The Kier molecular flexibility index (Phi) is 6.53. The van der Waals surface area contributed by atoms with Crippen LogP contribution in [-0.4, -0.2) is 20.4 Å². The molecule has 3 aromatic heterocycles. The van der Waals surface area contributed by atoms with E-state index in [-0.39, 0.29) is 27.8 Å². The fraction of sp³-hybridized carbons (Fsp3) is 0.0370. The van der Waals surface area contributed by atoms with E-state index in [9.17, 15) is 14.0 Å². The molecule has 0 aliphatic rings. The van der Waals surface area contributed by atoms with E-state index in [1.807, 2.05) is 36.4 Å². The summed E-state index contributed by atoms with van der Waals surface area (Å²) in [5.41, 5.74) is 6.17. The van der Waals surface area contributed by atoms with Gasteiger partial charge < -0.3 is 20.4 Å². The van der Waals surface area contributed by atoms with E-state index in [0.717, 1.165) is 5.56 Å². The Morgan fingerprint density at radius 3 is 2.57 bits per heavy atom. The maximum Gasteiger partial charge on any atom is 0.268 e. The van der Waals surface area contributed by atoms with Crippen LogP contribution in [-0.2, 0) is 6.54 Å². The maximum absolute atomic E-state index is 14.9. The smallest absolute Gasteiger partial charge is 0.268 e. The Bertz CT molecular complexity index is 1690. The minimum absolute atomic E-state index is 0.0276. The second-order valence-corrected chi connectivity index (χ2v) is 8.44. The van der Waals surface area contributed by atoms with E-state index < -0.39 is 11.7 Å². The Morgan fingerprint density at radius 2 is 1.81 bits per heavy atom. The van der Waals surface area contributed by atoms with Gasteiger partial charge in [-0.1, -0.05) is 41.9 Å². The number of rotatable bonds is 7. The van der Waals surface area contributed by atoms with Gasteiger partial charge in [0.25, 0.3) is 11.5 Å². The Hall–Kier alpha value is -4.76. The summed E-state index contributed by atoms with van der Waals surface area (Å²) in [6.45, 7) is 0.402. The number of hydrogen-bond donors (Lipinski definition) is 2. The van der Waals surface area contributed by atoms with Gasteiger partial charge in [-0.3, -0.25) is 9.59 Å². The number of primary amides is 1. The average Bonchev–Trinajstić information content (AvgIpc) is 2.89. The summed E-state index contributed by atoms with van der Waals surface area (Å²) in [5, 5.41) is 3.98. The molecule has 0 saturated heterocycles. The normalized spacial score (nSPS) is 10.9. The third kappa shape index (κ3) is 4.98. The summed E-state index contributed by atoms with van der Waals surface area (Å²) in [6.07, 6.45) is 4.59. The Morgan fingerprint density at radius 1 is 1.03 bits per heavy atom. The number of halogens is 2. The number of carbonyl (C=O) groups excluding carboxylic acids is 1. The molecule has 0 atom stereocenters. The molecule has 3 heterocycles. The van der Waals surface area contributed by atoms with Gasteiger partial charge >= 0.3 is 0 Å². The molecular formula is C27H19ClFN5O3. The first kappa shape index (κ1) is 24.0. The minimum Gasteiger partial charge on any atom is -0.453 e. The molecule has 0 bridgehead atoms. The first-order chi connectivity index (χ1) is 17.9. The van der Waals surface area contributed by atoms with Crippen LogP contribution in [0.4, 0.5) is 15.9 Å². The van der Waals surface area contributed by atoms with Gasteiger partial charge in [-0.05, 0) is 35.2 Å². The number of nitrogens with two attached hydrogens (primary N) is 1. The molecule has 0 aliphatic carbocycles. The summed E-state index contributed by atoms with van der Waals surface area (Å²) in [5.74, 6) is -1.35. The zero-order valence-electron chi connectivity index (χ0n) is 19.2. The van der Waals surface area contributed by atoms with E-state index in [4.69, 9.17) is 22.1 Å². The fourth-order valence-corrected chi connectivity index (χ4v) is 4.06.